The zero-order valence-corrected chi connectivity index (χ0v) is 14.8. The first kappa shape index (κ1) is 17.3. The zero-order valence-electron chi connectivity index (χ0n) is 13.2. The molecule has 2 aromatic rings. The Morgan fingerprint density at radius 1 is 1.00 bits per heavy atom. The summed E-state index contributed by atoms with van der Waals surface area (Å²) in [4.78, 5) is 11.9. The number of carbonyl (C=O) groups excluding carboxylic acids is 1. The highest BCUT2D eigenvalue weighted by Crippen LogP contribution is 2.17. The normalized spacial score (nSPS) is 10.4. The SMILES string of the molecule is CC(C)COc1ccc(NC(=O)COc2ccc(Br)cc2)cc1. The molecule has 2 aromatic carbocycles. The van der Waals surface area contributed by atoms with Gasteiger partial charge in [0.2, 0.25) is 0 Å². The first-order valence-electron chi connectivity index (χ1n) is 7.44. The van der Waals surface area contributed by atoms with Gasteiger partial charge in [-0.15, -0.1) is 0 Å². The highest BCUT2D eigenvalue weighted by atomic mass is 79.9. The van der Waals surface area contributed by atoms with Crippen LogP contribution in [-0.2, 0) is 4.79 Å². The summed E-state index contributed by atoms with van der Waals surface area (Å²) < 4.78 is 12.0. The highest BCUT2D eigenvalue weighted by molar-refractivity contribution is 9.10. The molecule has 0 heterocycles. The van der Waals surface area contributed by atoms with Gasteiger partial charge >= 0.3 is 0 Å². The molecular formula is C18H20BrNO3. The second-order valence-corrected chi connectivity index (χ2v) is 6.44. The lowest BCUT2D eigenvalue weighted by atomic mass is 10.2. The van der Waals surface area contributed by atoms with Crippen molar-refractivity contribution in [3.05, 3.63) is 53.0 Å². The van der Waals surface area contributed by atoms with E-state index < -0.39 is 0 Å². The van der Waals surface area contributed by atoms with Gasteiger partial charge in [-0.05, 0) is 54.4 Å². The van der Waals surface area contributed by atoms with Crippen molar-refractivity contribution in [2.24, 2.45) is 5.92 Å². The Morgan fingerprint density at radius 2 is 1.57 bits per heavy atom. The van der Waals surface area contributed by atoms with E-state index in [0.717, 1.165) is 10.2 Å². The Balaban J connectivity index is 1.79. The third kappa shape index (κ3) is 6.32. The van der Waals surface area contributed by atoms with Crippen LogP contribution in [0.4, 0.5) is 5.69 Å². The second kappa shape index (κ2) is 8.58. The van der Waals surface area contributed by atoms with Crippen molar-refractivity contribution in [2.75, 3.05) is 18.5 Å². The molecule has 0 radical (unpaired) electrons. The summed E-state index contributed by atoms with van der Waals surface area (Å²) in [6, 6.07) is 14.6. The summed E-state index contributed by atoms with van der Waals surface area (Å²) in [5, 5.41) is 2.79. The molecule has 4 nitrogen and oxygen atoms in total. The Labute approximate surface area is 144 Å². The van der Waals surface area contributed by atoms with Gasteiger partial charge in [0, 0.05) is 10.2 Å². The van der Waals surface area contributed by atoms with E-state index in [1.165, 1.54) is 0 Å². The van der Waals surface area contributed by atoms with E-state index in [4.69, 9.17) is 9.47 Å². The van der Waals surface area contributed by atoms with Gasteiger partial charge in [-0.2, -0.15) is 0 Å². The maximum atomic E-state index is 11.9. The molecule has 23 heavy (non-hydrogen) atoms. The lowest BCUT2D eigenvalue weighted by molar-refractivity contribution is -0.118. The molecule has 0 aliphatic heterocycles. The van der Waals surface area contributed by atoms with E-state index in [2.05, 4.69) is 35.1 Å². The quantitative estimate of drug-likeness (QED) is 0.772. The Hall–Kier alpha value is -2.01. The smallest absolute Gasteiger partial charge is 0.262 e. The van der Waals surface area contributed by atoms with Crippen LogP contribution in [0.15, 0.2) is 53.0 Å². The molecular weight excluding hydrogens is 358 g/mol. The van der Waals surface area contributed by atoms with Crippen LogP contribution < -0.4 is 14.8 Å². The summed E-state index contributed by atoms with van der Waals surface area (Å²) in [6.45, 7) is 4.83. The van der Waals surface area contributed by atoms with Crippen molar-refractivity contribution in [3.8, 4) is 11.5 Å². The molecule has 0 aromatic heterocycles. The van der Waals surface area contributed by atoms with Gasteiger partial charge in [0.15, 0.2) is 6.61 Å². The number of amides is 1. The molecule has 0 saturated heterocycles. The van der Waals surface area contributed by atoms with Crippen LogP contribution in [0.5, 0.6) is 11.5 Å². The fourth-order valence-electron chi connectivity index (χ4n) is 1.77. The molecule has 0 saturated carbocycles. The van der Waals surface area contributed by atoms with Crippen LogP contribution in [0.2, 0.25) is 0 Å². The molecule has 1 amide bonds. The van der Waals surface area contributed by atoms with Crippen LogP contribution in [0.3, 0.4) is 0 Å². The van der Waals surface area contributed by atoms with Gasteiger partial charge in [-0.25, -0.2) is 0 Å². The van der Waals surface area contributed by atoms with Crippen LogP contribution in [0.1, 0.15) is 13.8 Å². The Morgan fingerprint density at radius 3 is 2.17 bits per heavy atom. The van der Waals surface area contributed by atoms with Gasteiger partial charge in [-0.1, -0.05) is 29.8 Å². The Kier molecular flexibility index (Phi) is 6.47. The predicted octanol–water partition coefficient (Wildman–Crippen LogP) is 4.50. The summed E-state index contributed by atoms with van der Waals surface area (Å²) in [5.41, 5.74) is 0.714. The van der Waals surface area contributed by atoms with Gasteiger partial charge in [0.1, 0.15) is 11.5 Å². The molecule has 0 fully saturated rings. The van der Waals surface area contributed by atoms with Crippen molar-refractivity contribution < 1.29 is 14.3 Å². The minimum absolute atomic E-state index is 0.0345. The summed E-state index contributed by atoms with van der Waals surface area (Å²) in [7, 11) is 0. The molecule has 122 valence electrons. The van der Waals surface area contributed by atoms with Crippen molar-refractivity contribution in [1.29, 1.82) is 0 Å². The summed E-state index contributed by atoms with van der Waals surface area (Å²) in [6.07, 6.45) is 0. The van der Waals surface area contributed by atoms with Crippen LogP contribution in [-0.4, -0.2) is 19.1 Å². The number of ether oxygens (including phenoxy) is 2. The lowest BCUT2D eigenvalue weighted by Gasteiger charge is -2.10. The van der Waals surface area contributed by atoms with E-state index in [1.54, 1.807) is 12.1 Å². The van der Waals surface area contributed by atoms with Crippen molar-refractivity contribution in [3.63, 3.8) is 0 Å². The van der Waals surface area contributed by atoms with Gasteiger partial charge in [-0.3, -0.25) is 4.79 Å². The minimum atomic E-state index is -0.205. The number of carbonyl (C=O) groups is 1. The molecule has 0 spiro atoms. The molecule has 5 heteroatoms. The molecule has 0 atom stereocenters. The fraction of sp³-hybridized carbons (Fsp3) is 0.278. The molecule has 0 unspecified atom stereocenters. The highest BCUT2D eigenvalue weighted by Gasteiger charge is 2.04. The number of benzene rings is 2. The topological polar surface area (TPSA) is 47.6 Å². The first-order chi connectivity index (χ1) is 11.0. The third-order valence-corrected chi connectivity index (χ3v) is 3.43. The number of hydrogen-bond acceptors (Lipinski definition) is 3. The summed E-state index contributed by atoms with van der Waals surface area (Å²) in [5.74, 6) is 1.72. The number of nitrogens with one attached hydrogen (secondary N) is 1. The second-order valence-electron chi connectivity index (χ2n) is 5.52. The monoisotopic (exact) mass is 377 g/mol. The number of anilines is 1. The first-order valence-corrected chi connectivity index (χ1v) is 8.23. The molecule has 1 N–H and O–H groups in total. The predicted molar refractivity (Wildman–Crippen MR) is 95.0 cm³/mol. The number of halogens is 1. The fourth-order valence-corrected chi connectivity index (χ4v) is 2.04. The lowest BCUT2D eigenvalue weighted by Crippen LogP contribution is -2.20. The van der Waals surface area contributed by atoms with E-state index in [0.29, 0.717) is 24.0 Å². The average molecular weight is 378 g/mol. The van der Waals surface area contributed by atoms with Crippen molar-refractivity contribution in [2.45, 2.75) is 13.8 Å². The van der Waals surface area contributed by atoms with E-state index in [1.807, 2.05) is 36.4 Å². The molecule has 0 aliphatic rings. The van der Waals surface area contributed by atoms with Crippen molar-refractivity contribution >= 4 is 27.5 Å². The van der Waals surface area contributed by atoms with Gasteiger partial charge < -0.3 is 14.8 Å². The van der Waals surface area contributed by atoms with E-state index >= 15 is 0 Å². The third-order valence-electron chi connectivity index (χ3n) is 2.90. The van der Waals surface area contributed by atoms with Crippen LogP contribution in [0.25, 0.3) is 0 Å². The number of rotatable bonds is 7. The Bertz CT molecular complexity index is 624. The summed E-state index contributed by atoms with van der Waals surface area (Å²) >= 11 is 3.35. The van der Waals surface area contributed by atoms with Gasteiger partial charge in [0.25, 0.3) is 5.91 Å². The van der Waals surface area contributed by atoms with Crippen LogP contribution >= 0.6 is 15.9 Å². The van der Waals surface area contributed by atoms with Crippen LogP contribution in [0, 0.1) is 5.92 Å². The minimum Gasteiger partial charge on any atom is -0.493 e. The van der Waals surface area contributed by atoms with Crippen molar-refractivity contribution in [1.82, 2.24) is 0 Å². The van der Waals surface area contributed by atoms with E-state index in [-0.39, 0.29) is 12.5 Å². The average Bonchev–Trinajstić information content (AvgIpc) is 2.53. The molecule has 0 bridgehead atoms. The maximum absolute atomic E-state index is 11.9. The largest absolute Gasteiger partial charge is 0.493 e. The molecule has 2 rings (SSSR count). The standard InChI is InChI=1S/C18H20BrNO3/c1-13(2)11-22-17-9-5-15(6-10-17)20-18(21)12-23-16-7-3-14(19)4-8-16/h3-10,13H,11-12H2,1-2H3,(H,20,21). The molecule has 0 aliphatic carbocycles. The zero-order chi connectivity index (χ0) is 16.7. The maximum Gasteiger partial charge on any atom is 0.262 e. The van der Waals surface area contributed by atoms with E-state index in [9.17, 15) is 4.79 Å². The van der Waals surface area contributed by atoms with Gasteiger partial charge in [0.05, 0.1) is 6.61 Å². The number of hydrogen-bond donors (Lipinski definition) is 1.